The molecule has 0 unspecified atom stereocenters. The highest BCUT2D eigenvalue weighted by atomic mass is 127. The predicted molar refractivity (Wildman–Crippen MR) is 146 cm³/mol. The number of esters is 1. The first-order valence-electron chi connectivity index (χ1n) is 10.2. The van der Waals surface area contributed by atoms with Gasteiger partial charge in [-0.3, -0.25) is 0 Å². The molecule has 5 nitrogen and oxygen atoms in total. The Morgan fingerprint density at radius 3 is 2.45 bits per heavy atom. The van der Waals surface area contributed by atoms with Gasteiger partial charge >= 0.3 is 5.97 Å². The van der Waals surface area contributed by atoms with Gasteiger partial charge in [-0.15, -0.1) is 0 Å². The van der Waals surface area contributed by atoms with Crippen LogP contribution >= 0.6 is 45.2 Å². The molecule has 0 saturated carbocycles. The Labute approximate surface area is 220 Å². The Hall–Kier alpha value is -2.40. The lowest BCUT2D eigenvalue weighted by Gasteiger charge is -2.14. The summed E-state index contributed by atoms with van der Waals surface area (Å²) in [6, 6.07) is 17.8. The van der Waals surface area contributed by atoms with Crippen LogP contribution in [0.5, 0.6) is 11.5 Å². The molecule has 3 aromatic rings. The zero-order valence-electron chi connectivity index (χ0n) is 18.3. The van der Waals surface area contributed by atoms with Crippen LogP contribution in [-0.4, -0.2) is 19.0 Å². The number of aryl methyl sites for hydroxylation is 2. The zero-order valence-corrected chi connectivity index (χ0v) is 22.6. The number of methoxy groups -OCH3 is 1. The van der Waals surface area contributed by atoms with Gasteiger partial charge < -0.3 is 14.2 Å². The van der Waals surface area contributed by atoms with E-state index >= 15 is 0 Å². The number of cyclic esters (lactones) is 1. The third kappa shape index (κ3) is 5.57. The topological polar surface area (TPSA) is 57.1 Å². The largest absolute Gasteiger partial charge is 0.493 e. The van der Waals surface area contributed by atoms with Crippen molar-refractivity contribution in [1.29, 1.82) is 0 Å². The first kappa shape index (κ1) is 23.7. The average molecular weight is 665 g/mol. The van der Waals surface area contributed by atoms with Gasteiger partial charge in [-0.2, -0.15) is 0 Å². The summed E-state index contributed by atoms with van der Waals surface area (Å²) in [4.78, 5) is 16.9. The number of hydrogen-bond acceptors (Lipinski definition) is 5. The molecule has 0 atom stereocenters. The monoisotopic (exact) mass is 665 g/mol. The summed E-state index contributed by atoms with van der Waals surface area (Å²) in [5.74, 6) is 1.08. The maximum atomic E-state index is 12.4. The number of halogens is 2. The molecule has 7 heteroatoms. The van der Waals surface area contributed by atoms with Crippen LogP contribution in [0.4, 0.5) is 0 Å². The summed E-state index contributed by atoms with van der Waals surface area (Å²) in [5, 5.41) is 0. The highest BCUT2D eigenvalue weighted by Gasteiger charge is 2.25. The molecule has 1 heterocycles. The van der Waals surface area contributed by atoms with Crippen LogP contribution in [0.2, 0.25) is 0 Å². The minimum atomic E-state index is -0.477. The van der Waals surface area contributed by atoms with Crippen molar-refractivity contribution in [1.82, 2.24) is 0 Å². The van der Waals surface area contributed by atoms with Crippen molar-refractivity contribution in [3.05, 3.63) is 95.3 Å². The fourth-order valence-electron chi connectivity index (χ4n) is 3.27. The highest BCUT2D eigenvalue weighted by molar-refractivity contribution is 14.1. The van der Waals surface area contributed by atoms with E-state index in [2.05, 4.69) is 69.2 Å². The Morgan fingerprint density at radius 1 is 1.00 bits per heavy atom. The van der Waals surface area contributed by atoms with Gasteiger partial charge in [-0.1, -0.05) is 29.8 Å². The lowest BCUT2D eigenvalue weighted by atomic mass is 10.1. The van der Waals surface area contributed by atoms with Gasteiger partial charge in [0.15, 0.2) is 17.2 Å². The molecule has 0 saturated heterocycles. The first-order chi connectivity index (χ1) is 15.8. The van der Waals surface area contributed by atoms with Crippen LogP contribution in [0.15, 0.2) is 65.3 Å². The van der Waals surface area contributed by atoms with Crippen LogP contribution in [0.1, 0.15) is 27.8 Å². The second kappa shape index (κ2) is 10.3. The Kier molecular flexibility index (Phi) is 7.38. The maximum Gasteiger partial charge on any atom is 0.363 e. The van der Waals surface area contributed by atoms with Crippen LogP contribution < -0.4 is 9.47 Å². The summed E-state index contributed by atoms with van der Waals surface area (Å²) in [5.41, 5.74) is 5.17. The summed E-state index contributed by atoms with van der Waals surface area (Å²) in [6.45, 7) is 4.50. The molecule has 4 rings (SSSR count). The molecule has 0 spiro atoms. The van der Waals surface area contributed by atoms with E-state index in [4.69, 9.17) is 14.2 Å². The van der Waals surface area contributed by atoms with E-state index in [1.54, 1.807) is 13.2 Å². The Balaban J connectivity index is 1.59. The van der Waals surface area contributed by atoms with E-state index in [9.17, 15) is 4.79 Å². The fourth-order valence-corrected chi connectivity index (χ4v) is 4.39. The smallest absolute Gasteiger partial charge is 0.363 e. The number of carbonyl (C=O) groups excluding carboxylic acids is 1. The molecule has 0 radical (unpaired) electrons. The van der Waals surface area contributed by atoms with Gasteiger partial charge in [0, 0.05) is 9.13 Å². The predicted octanol–water partition coefficient (Wildman–Crippen LogP) is 6.44. The molecular formula is C26H21I2NO4. The van der Waals surface area contributed by atoms with Crippen molar-refractivity contribution in [3.63, 3.8) is 0 Å². The molecule has 3 aromatic carbocycles. The normalized spacial score (nSPS) is 14.3. The van der Waals surface area contributed by atoms with E-state index in [-0.39, 0.29) is 5.70 Å². The van der Waals surface area contributed by atoms with Crippen molar-refractivity contribution in [2.24, 2.45) is 4.99 Å². The molecule has 0 fully saturated rings. The highest BCUT2D eigenvalue weighted by Crippen LogP contribution is 2.35. The number of carbonyl (C=O) groups is 1. The Morgan fingerprint density at radius 2 is 1.76 bits per heavy atom. The van der Waals surface area contributed by atoms with Gasteiger partial charge in [0.1, 0.15) is 6.61 Å². The number of benzene rings is 3. The van der Waals surface area contributed by atoms with Crippen molar-refractivity contribution >= 4 is 63.1 Å². The van der Waals surface area contributed by atoms with Crippen LogP contribution in [0, 0.1) is 21.0 Å². The minimum Gasteiger partial charge on any atom is -0.493 e. The average Bonchev–Trinajstić information content (AvgIpc) is 3.15. The maximum absolute atomic E-state index is 12.4. The van der Waals surface area contributed by atoms with Crippen molar-refractivity contribution in [2.75, 3.05) is 7.11 Å². The van der Waals surface area contributed by atoms with E-state index in [1.165, 1.54) is 5.56 Å². The van der Waals surface area contributed by atoms with Gasteiger partial charge in [-0.05, 0) is 112 Å². The molecule has 168 valence electrons. The van der Waals surface area contributed by atoms with Gasteiger partial charge in [0.05, 0.1) is 10.7 Å². The molecule has 0 N–H and O–H groups in total. The van der Waals surface area contributed by atoms with Crippen LogP contribution in [0.25, 0.3) is 6.08 Å². The third-order valence-corrected chi connectivity index (χ3v) is 7.10. The second-order valence-corrected chi connectivity index (χ2v) is 9.93. The third-order valence-electron chi connectivity index (χ3n) is 5.08. The number of hydrogen-bond donors (Lipinski definition) is 0. The summed E-state index contributed by atoms with van der Waals surface area (Å²) < 4.78 is 19.1. The van der Waals surface area contributed by atoms with Crippen molar-refractivity contribution < 1.29 is 19.0 Å². The van der Waals surface area contributed by atoms with Crippen molar-refractivity contribution in [3.8, 4) is 11.5 Å². The molecule has 33 heavy (non-hydrogen) atoms. The molecule has 1 aliphatic rings. The van der Waals surface area contributed by atoms with Gasteiger partial charge in [0.2, 0.25) is 5.90 Å². The number of nitrogens with zero attached hydrogens (tertiary/aromatic N) is 1. The number of ether oxygens (including phenoxy) is 3. The summed E-state index contributed by atoms with van der Waals surface area (Å²) in [7, 11) is 1.60. The van der Waals surface area contributed by atoms with Crippen molar-refractivity contribution in [2.45, 2.75) is 20.5 Å². The zero-order chi connectivity index (χ0) is 23.5. The lowest BCUT2D eigenvalue weighted by molar-refractivity contribution is -0.129. The molecule has 0 amide bonds. The van der Waals surface area contributed by atoms with Crippen LogP contribution in [-0.2, 0) is 16.1 Å². The second-order valence-electron chi connectivity index (χ2n) is 7.61. The first-order valence-corrected chi connectivity index (χ1v) is 12.3. The minimum absolute atomic E-state index is 0.243. The quantitative estimate of drug-likeness (QED) is 0.173. The molecule has 0 bridgehead atoms. The number of rotatable bonds is 6. The summed E-state index contributed by atoms with van der Waals surface area (Å²) in [6.07, 6.45) is 1.70. The van der Waals surface area contributed by atoms with E-state index in [1.807, 2.05) is 49.4 Å². The molecule has 1 aliphatic heterocycles. The summed E-state index contributed by atoms with van der Waals surface area (Å²) >= 11 is 4.48. The standard InChI is InChI=1S/C26H21I2NO4/c1-15-4-6-17(7-5-15)14-32-24-21(28)11-18(13-23(24)31-3)12-22-26(30)33-25(29-22)19-8-9-20(27)16(2)10-19/h4-13H,14H2,1-3H3/b22-12-. The van der Waals surface area contributed by atoms with E-state index in [0.717, 1.165) is 29.4 Å². The molecule has 0 aliphatic carbocycles. The van der Waals surface area contributed by atoms with Gasteiger partial charge in [-0.25, -0.2) is 9.79 Å². The van der Waals surface area contributed by atoms with Gasteiger partial charge in [0.25, 0.3) is 0 Å². The van der Waals surface area contributed by atoms with E-state index in [0.29, 0.717) is 24.0 Å². The number of aliphatic imine (C=N–C) groups is 1. The van der Waals surface area contributed by atoms with E-state index < -0.39 is 5.97 Å². The lowest BCUT2D eigenvalue weighted by Crippen LogP contribution is -2.05. The van der Waals surface area contributed by atoms with Crippen LogP contribution in [0.3, 0.4) is 0 Å². The molecule has 0 aromatic heterocycles. The Bertz CT molecular complexity index is 1280. The molecular weight excluding hydrogens is 644 g/mol. The SMILES string of the molecule is COc1cc(/C=C2\N=C(c3ccc(I)c(C)c3)OC2=O)cc(I)c1OCc1ccc(C)cc1. The fraction of sp³-hybridized carbons (Fsp3) is 0.154.